The van der Waals surface area contributed by atoms with E-state index in [1.165, 1.54) is 10.8 Å². The SMILES string of the molecule is O=c1[nH]ccc(=S)n1[C@H]1CC(O)C(CO)O1. The van der Waals surface area contributed by atoms with Crippen LogP contribution < -0.4 is 5.69 Å². The summed E-state index contributed by atoms with van der Waals surface area (Å²) in [5.41, 5.74) is -0.386. The first-order valence-electron chi connectivity index (χ1n) is 4.88. The fourth-order valence-corrected chi connectivity index (χ4v) is 2.01. The average molecular weight is 244 g/mol. The van der Waals surface area contributed by atoms with E-state index in [-0.39, 0.29) is 18.7 Å². The van der Waals surface area contributed by atoms with Gasteiger partial charge in [-0.2, -0.15) is 0 Å². The maximum absolute atomic E-state index is 11.5. The Hall–Kier alpha value is -1.02. The molecule has 1 fully saturated rings. The van der Waals surface area contributed by atoms with E-state index in [4.69, 9.17) is 22.1 Å². The van der Waals surface area contributed by atoms with Crippen molar-refractivity contribution in [3.63, 3.8) is 0 Å². The zero-order valence-electron chi connectivity index (χ0n) is 8.37. The molecule has 2 heterocycles. The quantitative estimate of drug-likeness (QED) is 0.613. The van der Waals surface area contributed by atoms with Crippen molar-refractivity contribution >= 4 is 12.2 Å². The Morgan fingerprint density at radius 2 is 2.44 bits per heavy atom. The first-order valence-corrected chi connectivity index (χ1v) is 5.29. The molecule has 0 aliphatic carbocycles. The molecule has 1 aliphatic heterocycles. The molecule has 6 nitrogen and oxygen atoms in total. The predicted molar refractivity (Wildman–Crippen MR) is 57.5 cm³/mol. The fourth-order valence-electron chi connectivity index (χ4n) is 1.74. The topological polar surface area (TPSA) is 87.5 Å². The van der Waals surface area contributed by atoms with Gasteiger partial charge in [0.15, 0.2) is 0 Å². The lowest BCUT2D eigenvalue weighted by molar-refractivity contribution is -0.0463. The predicted octanol–water partition coefficient (Wildman–Crippen LogP) is -0.453. The van der Waals surface area contributed by atoms with Crippen LogP contribution in [0.15, 0.2) is 17.1 Å². The molecule has 0 saturated carbocycles. The number of aromatic nitrogens is 2. The van der Waals surface area contributed by atoms with E-state index in [1.807, 2.05) is 0 Å². The van der Waals surface area contributed by atoms with Crippen molar-refractivity contribution in [1.29, 1.82) is 0 Å². The highest BCUT2D eigenvalue weighted by atomic mass is 32.1. The average Bonchev–Trinajstić information content (AvgIpc) is 2.59. The number of aromatic amines is 1. The summed E-state index contributed by atoms with van der Waals surface area (Å²) in [5.74, 6) is 0. The van der Waals surface area contributed by atoms with E-state index < -0.39 is 18.4 Å². The van der Waals surface area contributed by atoms with Crippen LogP contribution in [0.5, 0.6) is 0 Å². The molecule has 2 rings (SSSR count). The number of hydrogen-bond acceptors (Lipinski definition) is 5. The molecule has 1 aliphatic rings. The molecule has 0 aromatic carbocycles. The molecular formula is C9H12N2O4S. The summed E-state index contributed by atoms with van der Waals surface area (Å²) in [6, 6.07) is 1.57. The molecule has 2 unspecified atom stereocenters. The summed E-state index contributed by atoms with van der Waals surface area (Å²) in [7, 11) is 0. The molecule has 0 amide bonds. The fraction of sp³-hybridized carbons (Fsp3) is 0.556. The molecular weight excluding hydrogens is 232 g/mol. The highest BCUT2D eigenvalue weighted by molar-refractivity contribution is 7.71. The van der Waals surface area contributed by atoms with Gasteiger partial charge in [0.1, 0.15) is 17.0 Å². The van der Waals surface area contributed by atoms with Crippen molar-refractivity contribution < 1.29 is 14.9 Å². The lowest BCUT2D eigenvalue weighted by atomic mass is 10.2. The lowest BCUT2D eigenvalue weighted by Gasteiger charge is -2.14. The van der Waals surface area contributed by atoms with Crippen LogP contribution in [0.1, 0.15) is 12.6 Å². The molecule has 0 radical (unpaired) electrons. The first-order chi connectivity index (χ1) is 7.63. The summed E-state index contributed by atoms with van der Waals surface area (Å²) in [6.07, 6.45) is -0.365. The minimum Gasteiger partial charge on any atom is -0.394 e. The van der Waals surface area contributed by atoms with Gasteiger partial charge >= 0.3 is 5.69 Å². The summed E-state index contributed by atoms with van der Waals surface area (Å²) in [4.78, 5) is 14.0. The Morgan fingerprint density at radius 3 is 3.00 bits per heavy atom. The number of ether oxygens (including phenoxy) is 1. The normalized spacial score (nSPS) is 29.5. The zero-order chi connectivity index (χ0) is 11.7. The molecule has 88 valence electrons. The van der Waals surface area contributed by atoms with Crippen molar-refractivity contribution in [2.75, 3.05) is 6.61 Å². The number of aliphatic hydroxyl groups is 2. The van der Waals surface area contributed by atoms with Crippen molar-refractivity contribution in [2.24, 2.45) is 0 Å². The maximum Gasteiger partial charge on any atom is 0.328 e. The van der Waals surface area contributed by atoms with Crippen molar-refractivity contribution in [3.8, 4) is 0 Å². The van der Waals surface area contributed by atoms with Crippen molar-refractivity contribution in [2.45, 2.75) is 24.9 Å². The molecule has 0 spiro atoms. The Labute approximate surface area is 96.1 Å². The molecule has 0 bridgehead atoms. The van der Waals surface area contributed by atoms with Gasteiger partial charge in [0.25, 0.3) is 0 Å². The Balaban J connectivity index is 2.34. The number of aliphatic hydroxyl groups excluding tert-OH is 2. The number of hydrogen-bond donors (Lipinski definition) is 3. The smallest absolute Gasteiger partial charge is 0.328 e. The van der Waals surface area contributed by atoms with Gasteiger partial charge in [-0.15, -0.1) is 0 Å². The molecule has 16 heavy (non-hydrogen) atoms. The first kappa shape index (κ1) is 11.5. The van der Waals surface area contributed by atoms with Crippen molar-refractivity contribution in [1.82, 2.24) is 9.55 Å². The van der Waals surface area contributed by atoms with Gasteiger partial charge in [0, 0.05) is 12.6 Å². The minimum absolute atomic E-state index is 0.243. The van der Waals surface area contributed by atoms with E-state index in [1.54, 1.807) is 6.07 Å². The highest BCUT2D eigenvalue weighted by Gasteiger charge is 2.35. The second kappa shape index (κ2) is 4.46. The molecule has 3 atom stereocenters. The number of nitrogens with zero attached hydrogens (tertiary/aromatic N) is 1. The highest BCUT2D eigenvalue weighted by Crippen LogP contribution is 2.27. The van der Waals surface area contributed by atoms with E-state index in [9.17, 15) is 9.90 Å². The van der Waals surface area contributed by atoms with Crippen LogP contribution in [0.3, 0.4) is 0 Å². The Kier molecular flexibility index (Phi) is 3.20. The van der Waals surface area contributed by atoms with Crippen molar-refractivity contribution in [3.05, 3.63) is 27.4 Å². The van der Waals surface area contributed by atoms with Crippen LogP contribution in [0.2, 0.25) is 0 Å². The second-order valence-electron chi connectivity index (χ2n) is 3.61. The van der Waals surface area contributed by atoms with Gasteiger partial charge in [-0.05, 0) is 6.07 Å². The summed E-state index contributed by atoms with van der Waals surface area (Å²) in [5, 5.41) is 18.5. The third-order valence-electron chi connectivity index (χ3n) is 2.56. The third kappa shape index (κ3) is 1.94. The minimum atomic E-state index is -0.781. The Morgan fingerprint density at radius 1 is 1.69 bits per heavy atom. The van der Waals surface area contributed by atoms with Crippen LogP contribution in [0.4, 0.5) is 0 Å². The zero-order valence-corrected chi connectivity index (χ0v) is 9.18. The van der Waals surface area contributed by atoms with Gasteiger partial charge in [0.05, 0.1) is 12.7 Å². The maximum atomic E-state index is 11.5. The van der Waals surface area contributed by atoms with Gasteiger partial charge < -0.3 is 19.9 Å². The molecule has 1 aromatic rings. The van der Waals surface area contributed by atoms with Crippen LogP contribution in [0, 0.1) is 4.64 Å². The van der Waals surface area contributed by atoms with Gasteiger partial charge in [-0.1, -0.05) is 12.2 Å². The standard InChI is InChI=1S/C9H12N2O4S/c12-4-6-5(13)3-7(15-6)11-8(16)1-2-10-9(11)14/h1-2,5-7,12-13H,3-4H2,(H,10,14)/t5?,6?,7-/m1/s1. The lowest BCUT2D eigenvalue weighted by Crippen LogP contribution is -2.28. The van der Waals surface area contributed by atoms with E-state index in [2.05, 4.69) is 4.98 Å². The molecule has 1 saturated heterocycles. The van der Waals surface area contributed by atoms with Crippen LogP contribution in [-0.2, 0) is 4.74 Å². The van der Waals surface area contributed by atoms with Gasteiger partial charge in [0.2, 0.25) is 0 Å². The van der Waals surface area contributed by atoms with Crippen LogP contribution in [-0.4, -0.2) is 38.6 Å². The number of H-pyrrole nitrogens is 1. The number of rotatable bonds is 2. The summed E-state index contributed by atoms with van der Waals surface area (Å²) in [6.45, 7) is -0.282. The molecule has 1 aromatic heterocycles. The van der Waals surface area contributed by atoms with E-state index in [0.29, 0.717) is 4.64 Å². The third-order valence-corrected chi connectivity index (χ3v) is 2.89. The van der Waals surface area contributed by atoms with Gasteiger partial charge in [-0.25, -0.2) is 4.79 Å². The van der Waals surface area contributed by atoms with E-state index in [0.717, 1.165) is 0 Å². The molecule has 7 heteroatoms. The van der Waals surface area contributed by atoms with Crippen LogP contribution >= 0.6 is 12.2 Å². The monoisotopic (exact) mass is 244 g/mol. The summed E-state index contributed by atoms with van der Waals surface area (Å²) < 4.78 is 6.94. The Bertz CT molecular complexity index is 455. The largest absolute Gasteiger partial charge is 0.394 e. The number of nitrogens with one attached hydrogen (secondary N) is 1. The second-order valence-corrected chi connectivity index (χ2v) is 4.02. The van der Waals surface area contributed by atoms with Crippen LogP contribution in [0.25, 0.3) is 0 Å². The van der Waals surface area contributed by atoms with Gasteiger partial charge in [-0.3, -0.25) is 4.57 Å². The van der Waals surface area contributed by atoms with E-state index >= 15 is 0 Å². The molecule has 3 N–H and O–H groups in total. The summed E-state index contributed by atoms with van der Waals surface area (Å²) >= 11 is 5.01.